The first-order valence-corrected chi connectivity index (χ1v) is 11.1. The largest absolute Gasteiger partial charge is 0.444 e. The molecule has 4 aromatic rings. The maximum atomic E-state index is 13.0. The maximum absolute atomic E-state index is 13.0. The van der Waals surface area contributed by atoms with Gasteiger partial charge >= 0.3 is 0 Å². The fraction of sp³-hybridized carbons (Fsp3) is 0.0435. The van der Waals surface area contributed by atoms with Crippen LogP contribution in [0.3, 0.4) is 0 Å². The highest BCUT2D eigenvalue weighted by Gasteiger charge is 2.20. The van der Waals surface area contributed by atoms with E-state index in [2.05, 4.69) is 9.71 Å². The van der Waals surface area contributed by atoms with Crippen LogP contribution >= 0.6 is 11.6 Å². The van der Waals surface area contributed by atoms with E-state index in [0.29, 0.717) is 21.9 Å². The number of halogens is 1. The van der Waals surface area contributed by atoms with Crippen LogP contribution in [0.4, 0.5) is 5.69 Å². The van der Waals surface area contributed by atoms with E-state index in [1.54, 1.807) is 30.5 Å². The monoisotopic (exact) mass is 452 g/mol. The van der Waals surface area contributed by atoms with E-state index in [0.717, 1.165) is 5.56 Å². The van der Waals surface area contributed by atoms with Crippen molar-refractivity contribution >= 4 is 33.1 Å². The third kappa shape index (κ3) is 4.52. The first kappa shape index (κ1) is 20.8. The van der Waals surface area contributed by atoms with Gasteiger partial charge in [-0.05, 0) is 49.4 Å². The van der Waals surface area contributed by atoms with E-state index >= 15 is 0 Å². The van der Waals surface area contributed by atoms with Crippen molar-refractivity contribution in [1.82, 2.24) is 4.98 Å². The van der Waals surface area contributed by atoms with Crippen molar-refractivity contribution in [2.24, 2.45) is 0 Å². The minimum Gasteiger partial charge on any atom is -0.444 e. The highest BCUT2D eigenvalue weighted by atomic mass is 35.5. The molecule has 0 bridgehead atoms. The lowest BCUT2D eigenvalue weighted by Crippen LogP contribution is -2.16. The number of rotatable bonds is 6. The maximum Gasteiger partial charge on any atom is 0.261 e. The molecule has 0 saturated carbocycles. The number of anilines is 1. The molecule has 0 spiro atoms. The number of benzene rings is 3. The Morgan fingerprint density at radius 2 is 1.71 bits per heavy atom. The van der Waals surface area contributed by atoms with E-state index in [1.165, 1.54) is 36.7 Å². The zero-order chi connectivity index (χ0) is 22.0. The van der Waals surface area contributed by atoms with Gasteiger partial charge in [-0.3, -0.25) is 9.52 Å². The molecule has 0 fully saturated rings. The van der Waals surface area contributed by atoms with Crippen molar-refractivity contribution < 1.29 is 17.6 Å². The fourth-order valence-corrected chi connectivity index (χ4v) is 4.27. The number of ketones is 1. The van der Waals surface area contributed by atoms with Crippen molar-refractivity contribution in [3.63, 3.8) is 0 Å². The minimum absolute atomic E-state index is 0.0412. The van der Waals surface area contributed by atoms with Crippen molar-refractivity contribution in [2.45, 2.75) is 11.8 Å². The molecule has 0 aliphatic carbocycles. The molecular weight excluding hydrogens is 436 g/mol. The van der Waals surface area contributed by atoms with Gasteiger partial charge in [0.15, 0.2) is 17.9 Å². The number of nitrogens with zero attached hydrogens (tertiary/aromatic N) is 1. The molecule has 1 heterocycles. The molecule has 0 aliphatic rings. The number of aryl methyl sites for hydroxylation is 1. The number of carbonyl (C=O) groups is 1. The molecule has 4 rings (SSSR count). The fourth-order valence-electron chi connectivity index (χ4n) is 3.01. The van der Waals surface area contributed by atoms with Gasteiger partial charge in [-0.1, -0.05) is 41.4 Å². The smallest absolute Gasteiger partial charge is 0.261 e. The Morgan fingerprint density at radius 1 is 1.00 bits per heavy atom. The summed E-state index contributed by atoms with van der Waals surface area (Å²) in [6, 6.07) is 17.6. The standard InChI is InChI=1S/C23H17ClN2O4S/c1-15-2-4-17(5-3-15)23(27)20-12-18(24)8-11-21(20)26-31(28,29)19-9-6-16(7-10-19)22-13-25-14-30-22/h2-14,26H,1H3. The number of aromatic nitrogens is 1. The van der Waals surface area contributed by atoms with Gasteiger partial charge in [0, 0.05) is 21.7 Å². The Balaban J connectivity index is 1.65. The number of sulfonamides is 1. The predicted molar refractivity (Wildman–Crippen MR) is 119 cm³/mol. The van der Waals surface area contributed by atoms with Crippen LogP contribution in [0.5, 0.6) is 0 Å². The molecule has 31 heavy (non-hydrogen) atoms. The summed E-state index contributed by atoms with van der Waals surface area (Å²) in [6.45, 7) is 1.92. The molecule has 156 valence electrons. The van der Waals surface area contributed by atoms with E-state index in [9.17, 15) is 13.2 Å². The zero-order valence-electron chi connectivity index (χ0n) is 16.4. The summed E-state index contributed by atoms with van der Waals surface area (Å²) in [7, 11) is -3.95. The lowest BCUT2D eigenvalue weighted by atomic mass is 10.0. The molecular formula is C23H17ClN2O4S. The highest BCUT2D eigenvalue weighted by molar-refractivity contribution is 7.92. The Morgan fingerprint density at radius 3 is 2.35 bits per heavy atom. The second kappa shape index (κ2) is 8.37. The topological polar surface area (TPSA) is 89.3 Å². The SMILES string of the molecule is Cc1ccc(C(=O)c2cc(Cl)ccc2NS(=O)(=O)c2ccc(-c3cnco3)cc2)cc1. The van der Waals surface area contributed by atoms with Crippen LogP contribution in [0.15, 0.2) is 88.6 Å². The molecule has 1 N–H and O–H groups in total. The molecule has 0 atom stereocenters. The van der Waals surface area contributed by atoms with Gasteiger partial charge in [-0.15, -0.1) is 0 Å². The van der Waals surface area contributed by atoms with Gasteiger partial charge in [-0.25, -0.2) is 13.4 Å². The normalized spacial score (nSPS) is 11.3. The summed E-state index contributed by atoms with van der Waals surface area (Å²) in [5, 5.41) is 0.329. The summed E-state index contributed by atoms with van der Waals surface area (Å²) < 4.78 is 33.6. The predicted octanol–water partition coefficient (Wildman–Crippen LogP) is 5.34. The lowest BCUT2D eigenvalue weighted by molar-refractivity contribution is 0.103. The molecule has 6 nitrogen and oxygen atoms in total. The lowest BCUT2D eigenvalue weighted by Gasteiger charge is -2.13. The molecule has 8 heteroatoms. The quantitative estimate of drug-likeness (QED) is 0.399. The van der Waals surface area contributed by atoms with Crippen molar-refractivity contribution in [1.29, 1.82) is 0 Å². The number of hydrogen-bond acceptors (Lipinski definition) is 5. The average molecular weight is 453 g/mol. The second-order valence-electron chi connectivity index (χ2n) is 6.88. The average Bonchev–Trinajstić information content (AvgIpc) is 3.30. The molecule has 0 radical (unpaired) electrons. The van der Waals surface area contributed by atoms with Gasteiger partial charge in [0.1, 0.15) is 0 Å². The summed E-state index contributed by atoms with van der Waals surface area (Å²) in [4.78, 5) is 16.9. The third-order valence-electron chi connectivity index (χ3n) is 4.67. The second-order valence-corrected chi connectivity index (χ2v) is 9.00. The Kier molecular flexibility index (Phi) is 5.63. The summed E-state index contributed by atoms with van der Waals surface area (Å²) in [6.07, 6.45) is 2.84. The first-order valence-electron chi connectivity index (χ1n) is 9.26. The van der Waals surface area contributed by atoms with Crippen LogP contribution in [0.2, 0.25) is 5.02 Å². The van der Waals surface area contributed by atoms with Crippen LogP contribution in [-0.2, 0) is 10.0 Å². The van der Waals surface area contributed by atoms with Crippen LogP contribution < -0.4 is 4.72 Å². The van der Waals surface area contributed by atoms with Crippen LogP contribution in [0.1, 0.15) is 21.5 Å². The summed E-state index contributed by atoms with van der Waals surface area (Å²) in [5.41, 5.74) is 2.45. The van der Waals surface area contributed by atoms with Gasteiger partial charge in [-0.2, -0.15) is 0 Å². The molecule has 3 aromatic carbocycles. The van der Waals surface area contributed by atoms with E-state index in [1.807, 2.05) is 19.1 Å². The molecule has 0 aliphatic heterocycles. The third-order valence-corrected chi connectivity index (χ3v) is 6.28. The van der Waals surface area contributed by atoms with Crippen LogP contribution in [0.25, 0.3) is 11.3 Å². The number of carbonyl (C=O) groups excluding carboxylic acids is 1. The van der Waals surface area contributed by atoms with E-state index < -0.39 is 10.0 Å². The van der Waals surface area contributed by atoms with Crippen molar-refractivity contribution in [3.8, 4) is 11.3 Å². The van der Waals surface area contributed by atoms with E-state index in [4.69, 9.17) is 16.0 Å². The number of hydrogen-bond donors (Lipinski definition) is 1. The van der Waals surface area contributed by atoms with Crippen LogP contribution in [-0.4, -0.2) is 19.2 Å². The Bertz CT molecular complexity index is 1330. The van der Waals surface area contributed by atoms with Gasteiger partial charge in [0.05, 0.1) is 16.8 Å². The zero-order valence-corrected chi connectivity index (χ0v) is 17.9. The molecule has 0 amide bonds. The Labute approximate surface area is 184 Å². The van der Waals surface area contributed by atoms with Crippen molar-refractivity contribution in [3.05, 3.63) is 101 Å². The van der Waals surface area contributed by atoms with Crippen molar-refractivity contribution in [2.75, 3.05) is 4.72 Å². The summed E-state index contributed by atoms with van der Waals surface area (Å²) in [5.74, 6) is 0.196. The molecule has 0 unspecified atom stereocenters. The van der Waals surface area contributed by atoms with Crippen LogP contribution in [0, 0.1) is 6.92 Å². The summed E-state index contributed by atoms with van der Waals surface area (Å²) >= 11 is 6.08. The van der Waals surface area contributed by atoms with Gasteiger partial charge < -0.3 is 4.42 Å². The highest BCUT2D eigenvalue weighted by Crippen LogP contribution is 2.27. The number of nitrogens with one attached hydrogen (secondary N) is 1. The van der Waals surface area contributed by atoms with Gasteiger partial charge in [0.25, 0.3) is 10.0 Å². The molecule has 1 aromatic heterocycles. The minimum atomic E-state index is -3.95. The van der Waals surface area contributed by atoms with Gasteiger partial charge in [0.2, 0.25) is 0 Å². The first-order chi connectivity index (χ1) is 14.8. The molecule has 0 saturated heterocycles. The Hall–Kier alpha value is -3.42. The number of oxazole rings is 1. The van der Waals surface area contributed by atoms with E-state index in [-0.39, 0.29) is 21.9 Å².